The molecule has 1 aliphatic heterocycles. The number of aliphatic hydroxyl groups excluding tert-OH is 1. The summed E-state index contributed by atoms with van der Waals surface area (Å²) in [5.74, 6) is -1.34. The lowest BCUT2D eigenvalue weighted by Gasteiger charge is -2.42. The van der Waals surface area contributed by atoms with Gasteiger partial charge in [0.05, 0.1) is 23.5 Å². The zero-order chi connectivity index (χ0) is 20.7. The van der Waals surface area contributed by atoms with Gasteiger partial charge in [-0.2, -0.15) is 4.31 Å². The molecule has 1 N–H and O–H groups in total. The summed E-state index contributed by atoms with van der Waals surface area (Å²) in [5, 5.41) is 20.2. The maximum absolute atomic E-state index is 13.0. The summed E-state index contributed by atoms with van der Waals surface area (Å²) in [4.78, 5) is 35.9. The van der Waals surface area contributed by atoms with Gasteiger partial charge in [-0.25, -0.2) is 13.2 Å². The molecule has 1 aromatic rings. The molecule has 2 aliphatic rings. The van der Waals surface area contributed by atoms with E-state index in [1.807, 2.05) is 0 Å². The zero-order valence-electron chi connectivity index (χ0n) is 15.0. The molecule has 1 spiro atoms. The van der Waals surface area contributed by atoms with Gasteiger partial charge >= 0.3 is 5.97 Å². The average molecular weight is 413 g/mol. The fraction of sp³-hybridized carbons (Fsp3) is 0.500. The van der Waals surface area contributed by atoms with Crippen LogP contribution in [0.5, 0.6) is 0 Å². The fourth-order valence-corrected chi connectivity index (χ4v) is 5.20. The van der Waals surface area contributed by atoms with Gasteiger partial charge in [-0.1, -0.05) is 0 Å². The molecule has 1 amide bonds. The van der Waals surface area contributed by atoms with Crippen LogP contribution < -0.4 is 0 Å². The van der Waals surface area contributed by atoms with E-state index in [-0.39, 0.29) is 36.5 Å². The Morgan fingerprint density at radius 3 is 2.39 bits per heavy atom. The van der Waals surface area contributed by atoms with Gasteiger partial charge in [-0.15, -0.1) is 0 Å². The number of amides is 1. The van der Waals surface area contributed by atoms with E-state index in [0.717, 1.165) is 40.6 Å². The summed E-state index contributed by atoms with van der Waals surface area (Å²) in [7, 11) is -2.94. The van der Waals surface area contributed by atoms with E-state index >= 15 is 0 Å². The van der Waals surface area contributed by atoms with Crippen LogP contribution in [0.15, 0.2) is 29.2 Å². The SMILES string of the molecule is COC(=O)[C@H](CO)N1CCN(S(=O)(=O)c2ccc([N+](=O)[O-])cc2)C2(CC2)C1=O. The quantitative estimate of drug-likeness (QED) is 0.373. The second-order valence-corrected chi connectivity index (χ2v) is 8.44. The van der Waals surface area contributed by atoms with Crippen LogP contribution in [0.2, 0.25) is 0 Å². The van der Waals surface area contributed by atoms with Crippen LogP contribution in [0.25, 0.3) is 0 Å². The first-order chi connectivity index (χ1) is 13.2. The lowest BCUT2D eigenvalue weighted by molar-refractivity contribution is -0.384. The lowest BCUT2D eigenvalue weighted by atomic mass is 10.1. The molecule has 1 saturated heterocycles. The predicted octanol–water partition coefficient (Wildman–Crippen LogP) is -0.506. The summed E-state index contributed by atoms with van der Waals surface area (Å²) >= 11 is 0. The van der Waals surface area contributed by atoms with Crippen LogP contribution in [0.1, 0.15) is 12.8 Å². The van der Waals surface area contributed by atoms with Crippen molar-refractivity contribution < 1.29 is 32.8 Å². The van der Waals surface area contributed by atoms with Gasteiger partial charge < -0.3 is 14.7 Å². The van der Waals surface area contributed by atoms with Crippen LogP contribution in [-0.2, 0) is 24.3 Å². The van der Waals surface area contributed by atoms with Crippen molar-refractivity contribution in [3.05, 3.63) is 34.4 Å². The Bertz CT molecular complexity index is 910. The van der Waals surface area contributed by atoms with Crippen molar-refractivity contribution in [1.82, 2.24) is 9.21 Å². The van der Waals surface area contributed by atoms with Crippen LogP contribution in [0.3, 0.4) is 0 Å². The number of aliphatic hydroxyl groups is 1. The number of non-ortho nitro benzene ring substituents is 1. The normalized spacial score (nSPS) is 20.1. The van der Waals surface area contributed by atoms with E-state index in [4.69, 9.17) is 0 Å². The molecule has 0 unspecified atom stereocenters. The van der Waals surface area contributed by atoms with Crippen molar-refractivity contribution in [2.24, 2.45) is 0 Å². The highest BCUT2D eigenvalue weighted by atomic mass is 32.2. The molecule has 152 valence electrons. The fourth-order valence-electron chi connectivity index (χ4n) is 3.42. The van der Waals surface area contributed by atoms with Gasteiger partial charge in [-0.3, -0.25) is 14.9 Å². The molecule has 0 aromatic heterocycles. The topological polar surface area (TPSA) is 147 Å². The van der Waals surface area contributed by atoms with Gasteiger partial charge in [0.1, 0.15) is 5.54 Å². The summed E-state index contributed by atoms with van der Waals surface area (Å²) < 4.78 is 31.8. The van der Waals surface area contributed by atoms with E-state index in [1.165, 1.54) is 0 Å². The second-order valence-electron chi connectivity index (χ2n) is 6.58. The standard InChI is InChI=1S/C16H19N3O8S/c1-27-14(21)13(10-20)17-8-9-18(16(6-7-16)15(17)22)28(25,26)12-4-2-11(3-5-12)19(23)24/h2-5,13,20H,6-10H2,1H3/t13-/m0/s1. The highest BCUT2D eigenvalue weighted by molar-refractivity contribution is 7.89. The molecule has 1 aliphatic carbocycles. The molecule has 1 aromatic carbocycles. The van der Waals surface area contributed by atoms with E-state index in [2.05, 4.69) is 4.74 Å². The van der Waals surface area contributed by atoms with Gasteiger partial charge in [-0.05, 0) is 25.0 Å². The number of rotatable bonds is 6. The van der Waals surface area contributed by atoms with Gasteiger partial charge in [0.25, 0.3) is 5.69 Å². The highest BCUT2D eigenvalue weighted by Gasteiger charge is 2.63. The Morgan fingerprint density at radius 1 is 1.32 bits per heavy atom. The minimum absolute atomic E-state index is 0.0709. The Hall–Kier alpha value is -2.57. The number of piperazine rings is 1. The molecule has 1 atom stereocenters. The Balaban J connectivity index is 1.90. The molecule has 1 saturated carbocycles. The molecule has 0 bridgehead atoms. The van der Waals surface area contributed by atoms with Gasteiger partial charge in [0.15, 0.2) is 6.04 Å². The lowest BCUT2D eigenvalue weighted by Crippen LogP contribution is -2.64. The minimum atomic E-state index is -4.08. The molecule has 3 rings (SSSR count). The summed E-state index contributed by atoms with van der Waals surface area (Å²) in [5.41, 5.74) is -1.55. The minimum Gasteiger partial charge on any atom is -0.467 e. The Kier molecular flexibility index (Phi) is 5.12. The molecule has 1 heterocycles. The van der Waals surface area contributed by atoms with E-state index < -0.39 is 45.0 Å². The number of hydrogen-bond donors (Lipinski definition) is 1. The van der Waals surface area contributed by atoms with Crippen molar-refractivity contribution in [3.63, 3.8) is 0 Å². The summed E-state index contributed by atoms with van der Waals surface area (Å²) in [6, 6.07) is 3.24. The molecule has 12 heteroatoms. The third-order valence-corrected chi connectivity index (χ3v) is 7.04. The average Bonchev–Trinajstić information content (AvgIpc) is 3.46. The predicted molar refractivity (Wildman–Crippen MR) is 93.6 cm³/mol. The summed E-state index contributed by atoms with van der Waals surface area (Å²) in [6.07, 6.45) is 0.571. The Morgan fingerprint density at radius 2 is 1.93 bits per heavy atom. The number of carbonyl (C=O) groups excluding carboxylic acids is 2. The van der Waals surface area contributed by atoms with Crippen molar-refractivity contribution in [2.75, 3.05) is 26.8 Å². The van der Waals surface area contributed by atoms with Crippen molar-refractivity contribution >= 4 is 27.6 Å². The molecule has 28 heavy (non-hydrogen) atoms. The monoisotopic (exact) mass is 413 g/mol. The third-order valence-electron chi connectivity index (χ3n) is 5.06. The molecule has 0 radical (unpaired) electrons. The number of sulfonamides is 1. The van der Waals surface area contributed by atoms with Crippen LogP contribution in [-0.4, -0.2) is 77.9 Å². The maximum Gasteiger partial charge on any atom is 0.330 e. The van der Waals surface area contributed by atoms with E-state index in [9.17, 15) is 33.2 Å². The first-order valence-corrected chi connectivity index (χ1v) is 9.90. The van der Waals surface area contributed by atoms with E-state index in [0.29, 0.717) is 0 Å². The van der Waals surface area contributed by atoms with Gasteiger partial charge in [0.2, 0.25) is 15.9 Å². The maximum atomic E-state index is 13.0. The number of hydrogen-bond acceptors (Lipinski definition) is 8. The van der Waals surface area contributed by atoms with Crippen LogP contribution in [0.4, 0.5) is 5.69 Å². The number of methoxy groups -OCH3 is 1. The van der Waals surface area contributed by atoms with Crippen LogP contribution >= 0.6 is 0 Å². The number of carbonyl (C=O) groups is 2. The second kappa shape index (κ2) is 7.11. The first kappa shape index (κ1) is 20.2. The highest BCUT2D eigenvalue weighted by Crippen LogP contribution is 2.48. The number of esters is 1. The van der Waals surface area contributed by atoms with Crippen molar-refractivity contribution in [2.45, 2.75) is 29.3 Å². The Labute approximate surface area is 160 Å². The number of nitrogens with zero attached hydrogens (tertiary/aromatic N) is 3. The third kappa shape index (κ3) is 3.12. The van der Waals surface area contributed by atoms with Crippen molar-refractivity contribution in [1.29, 1.82) is 0 Å². The van der Waals surface area contributed by atoms with Crippen molar-refractivity contribution in [3.8, 4) is 0 Å². The molecule has 11 nitrogen and oxygen atoms in total. The molecular formula is C16H19N3O8S. The number of ether oxygens (including phenoxy) is 1. The molecular weight excluding hydrogens is 394 g/mol. The summed E-state index contributed by atoms with van der Waals surface area (Å²) in [6.45, 7) is -0.796. The number of nitro benzene ring substituents is 1. The largest absolute Gasteiger partial charge is 0.467 e. The smallest absolute Gasteiger partial charge is 0.330 e. The van der Waals surface area contributed by atoms with Crippen LogP contribution in [0, 0.1) is 10.1 Å². The number of nitro groups is 1. The van der Waals surface area contributed by atoms with Gasteiger partial charge in [0, 0.05) is 25.2 Å². The molecule has 2 fully saturated rings. The number of benzene rings is 1. The zero-order valence-corrected chi connectivity index (χ0v) is 15.8. The first-order valence-electron chi connectivity index (χ1n) is 8.46. The van der Waals surface area contributed by atoms with E-state index in [1.54, 1.807) is 0 Å².